The molecule has 3 N–H and O–H groups in total. The number of nitrogen functional groups attached to an aromatic ring is 1. The van der Waals surface area contributed by atoms with Gasteiger partial charge >= 0.3 is 0 Å². The van der Waals surface area contributed by atoms with Crippen LogP contribution in [-0.4, -0.2) is 10.2 Å². The summed E-state index contributed by atoms with van der Waals surface area (Å²) in [5, 5.41) is 8.16. The Hall–Kier alpha value is -0.930. The lowest BCUT2D eigenvalue weighted by Crippen LogP contribution is -1.83. The molecule has 3 nitrogen and oxygen atoms in total. The van der Waals surface area contributed by atoms with Crippen LogP contribution in [-0.2, 0) is 0 Å². The van der Waals surface area contributed by atoms with Crippen molar-refractivity contribution < 1.29 is 0 Å². The summed E-state index contributed by atoms with van der Waals surface area (Å²) in [6, 6.07) is 5.43. The zero-order valence-electron chi connectivity index (χ0n) is 6.04. The minimum atomic E-state index is 0. The van der Waals surface area contributed by atoms with Gasteiger partial charge < -0.3 is 5.73 Å². The number of H-pyrrole nitrogens is 1. The molecule has 0 radical (unpaired) electrons. The third-order valence-corrected chi connectivity index (χ3v) is 1.79. The van der Waals surface area contributed by atoms with Gasteiger partial charge in [0.15, 0.2) is 5.82 Å². The molecule has 0 aliphatic carbocycles. The van der Waals surface area contributed by atoms with Crippen LogP contribution in [0, 0.1) is 0 Å². The van der Waals surface area contributed by atoms with E-state index in [4.69, 9.17) is 17.3 Å². The lowest BCUT2D eigenvalue weighted by molar-refractivity contribution is 1.13. The fraction of sp³-hybridized carbons (Fsp3) is 0. The van der Waals surface area contributed by atoms with Crippen molar-refractivity contribution >= 4 is 40.7 Å². The second-order valence-electron chi connectivity index (χ2n) is 2.30. The highest BCUT2D eigenvalue weighted by Crippen LogP contribution is 2.21. The van der Waals surface area contributed by atoms with Gasteiger partial charge in [-0.05, 0) is 18.2 Å². The number of fused-ring (bicyclic) bond motifs is 1. The van der Waals surface area contributed by atoms with Gasteiger partial charge in [-0.25, -0.2) is 0 Å². The molecule has 2 rings (SSSR count). The van der Waals surface area contributed by atoms with Crippen molar-refractivity contribution in [3.8, 4) is 0 Å². The number of nitrogens with one attached hydrogen (secondary N) is 1. The molecule has 64 valence electrons. The number of nitrogens with zero attached hydrogens (tertiary/aromatic N) is 1. The van der Waals surface area contributed by atoms with Crippen molar-refractivity contribution in [1.29, 1.82) is 0 Å². The highest BCUT2D eigenvalue weighted by atomic mass is 35.5. The van der Waals surface area contributed by atoms with Crippen molar-refractivity contribution in [3.05, 3.63) is 23.2 Å². The average molecular weight is 204 g/mol. The van der Waals surface area contributed by atoms with Crippen LogP contribution in [0.1, 0.15) is 0 Å². The van der Waals surface area contributed by atoms with E-state index >= 15 is 0 Å². The Bertz CT molecular complexity index is 396. The van der Waals surface area contributed by atoms with Gasteiger partial charge in [-0.1, -0.05) is 11.6 Å². The molecule has 0 atom stereocenters. The van der Waals surface area contributed by atoms with Crippen LogP contribution in [0.25, 0.3) is 10.9 Å². The fourth-order valence-electron chi connectivity index (χ4n) is 1.01. The topological polar surface area (TPSA) is 54.7 Å². The monoisotopic (exact) mass is 203 g/mol. The number of anilines is 1. The van der Waals surface area contributed by atoms with Crippen molar-refractivity contribution in [2.24, 2.45) is 0 Å². The molecule has 0 unspecified atom stereocenters. The maximum atomic E-state index is 5.75. The standard InChI is InChI=1S/C7H6ClN3.ClH/c8-4-1-2-6-5(3-4)7(9)11-10-6;/h1-3H,(H3,9,10,11);1H. The minimum Gasteiger partial charge on any atom is -0.382 e. The molecule has 1 aromatic heterocycles. The van der Waals surface area contributed by atoms with Gasteiger partial charge in [0.2, 0.25) is 0 Å². The lowest BCUT2D eigenvalue weighted by atomic mass is 10.2. The lowest BCUT2D eigenvalue weighted by Gasteiger charge is -1.89. The number of nitrogens with two attached hydrogens (primary N) is 1. The SMILES string of the molecule is Cl.Nc1n[nH]c2ccc(Cl)cc12. The Kier molecular flexibility index (Phi) is 2.45. The summed E-state index contributed by atoms with van der Waals surface area (Å²) in [6.07, 6.45) is 0. The van der Waals surface area contributed by atoms with Crippen LogP contribution in [0.3, 0.4) is 0 Å². The van der Waals surface area contributed by atoms with E-state index in [1.54, 1.807) is 12.1 Å². The van der Waals surface area contributed by atoms with Gasteiger partial charge in [0.25, 0.3) is 0 Å². The van der Waals surface area contributed by atoms with E-state index in [0.29, 0.717) is 10.8 Å². The van der Waals surface area contributed by atoms with Crippen LogP contribution < -0.4 is 5.73 Å². The molecule has 0 saturated carbocycles. The first-order valence-electron chi connectivity index (χ1n) is 3.16. The molecule has 5 heteroatoms. The third-order valence-electron chi connectivity index (χ3n) is 1.55. The predicted molar refractivity (Wildman–Crippen MR) is 52.8 cm³/mol. The first-order chi connectivity index (χ1) is 5.27. The van der Waals surface area contributed by atoms with E-state index in [9.17, 15) is 0 Å². The smallest absolute Gasteiger partial charge is 0.153 e. The number of hydrogen-bond acceptors (Lipinski definition) is 2. The molecule has 1 heterocycles. The molecular formula is C7H7Cl2N3. The Morgan fingerprint density at radius 3 is 2.92 bits per heavy atom. The van der Waals surface area contributed by atoms with Gasteiger partial charge in [0.1, 0.15) is 0 Å². The second-order valence-corrected chi connectivity index (χ2v) is 2.74. The van der Waals surface area contributed by atoms with E-state index in [-0.39, 0.29) is 12.4 Å². The summed E-state index contributed by atoms with van der Waals surface area (Å²) >= 11 is 5.75. The van der Waals surface area contributed by atoms with Crippen molar-refractivity contribution in [1.82, 2.24) is 10.2 Å². The minimum absolute atomic E-state index is 0. The molecule has 12 heavy (non-hydrogen) atoms. The van der Waals surface area contributed by atoms with Gasteiger partial charge in [0.05, 0.1) is 5.52 Å². The largest absolute Gasteiger partial charge is 0.382 e. The zero-order valence-corrected chi connectivity index (χ0v) is 7.62. The first-order valence-corrected chi connectivity index (χ1v) is 3.54. The normalized spacial score (nSPS) is 9.75. The van der Waals surface area contributed by atoms with Crippen LogP contribution in [0.2, 0.25) is 5.02 Å². The Morgan fingerprint density at radius 1 is 1.42 bits per heavy atom. The summed E-state index contributed by atoms with van der Waals surface area (Å²) < 4.78 is 0. The number of benzene rings is 1. The van der Waals surface area contributed by atoms with Crippen molar-refractivity contribution in [2.45, 2.75) is 0 Å². The van der Waals surface area contributed by atoms with Gasteiger partial charge in [0, 0.05) is 10.4 Å². The third kappa shape index (κ3) is 1.33. The van der Waals surface area contributed by atoms with Crippen molar-refractivity contribution in [2.75, 3.05) is 5.73 Å². The summed E-state index contributed by atoms with van der Waals surface area (Å²) in [5.74, 6) is 0.488. The number of hydrogen-bond donors (Lipinski definition) is 2. The number of aromatic amines is 1. The van der Waals surface area contributed by atoms with Crippen molar-refractivity contribution in [3.63, 3.8) is 0 Å². The van der Waals surface area contributed by atoms with Crippen LogP contribution >= 0.6 is 24.0 Å². The quantitative estimate of drug-likeness (QED) is 0.691. The maximum Gasteiger partial charge on any atom is 0.153 e. The van der Waals surface area contributed by atoms with Crippen LogP contribution in [0.5, 0.6) is 0 Å². The van der Waals surface area contributed by atoms with E-state index in [1.807, 2.05) is 6.07 Å². The van der Waals surface area contributed by atoms with E-state index in [0.717, 1.165) is 10.9 Å². The molecule has 1 aromatic carbocycles. The fourth-order valence-corrected chi connectivity index (χ4v) is 1.18. The molecule has 0 aliphatic heterocycles. The summed E-state index contributed by atoms with van der Waals surface area (Å²) in [6.45, 7) is 0. The zero-order chi connectivity index (χ0) is 7.84. The molecule has 0 saturated heterocycles. The maximum absolute atomic E-state index is 5.75. The molecule has 0 spiro atoms. The second kappa shape index (κ2) is 3.21. The highest BCUT2D eigenvalue weighted by Gasteiger charge is 2.00. The molecule has 2 aromatic rings. The highest BCUT2D eigenvalue weighted by molar-refractivity contribution is 6.31. The van der Waals surface area contributed by atoms with Gasteiger partial charge in [-0.3, -0.25) is 5.10 Å². The molecule has 0 amide bonds. The molecule has 0 bridgehead atoms. The molecule has 0 aliphatic rings. The first kappa shape index (κ1) is 9.16. The van der Waals surface area contributed by atoms with Crippen LogP contribution in [0.15, 0.2) is 18.2 Å². The molecular weight excluding hydrogens is 197 g/mol. The molecule has 0 fully saturated rings. The predicted octanol–water partition coefficient (Wildman–Crippen LogP) is 2.22. The Morgan fingerprint density at radius 2 is 2.17 bits per heavy atom. The Balaban J connectivity index is 0.000000720. The summed E-state index contributed by atoms with van der Waals surface area (Å²) in [7, 11) is 0. The number of aromatic nitrogens is 2. The Labute approximate surface area is 80.3 Å². The van der Waals surface area contributed by atoms with E-state index < -0.39 is 0 Å². The summed E-state index contributed by atoms with van der Waals surface area (Å²) in [4.78, 5) is 0. The number of halogens is 2. The van der Waals surface area contributed by atoms with E-state index in [2.05, 4.69) is 10.2 Å². The van der Waals surface area contributed by atoms with Crippen LogP contribution in [0.4, 0.5) is 5.82 Å². The average Bonchev–Trinajstić information content (AvgIpc) is 2.33. The van der Waals surface area contributed by atoms with E-state index in [1.165, 1.54) is 0 Å². The summed E-state index contributed by atoms with van der Waals surface area (Å²) in [5.41, 5.74) is 6.45. The van der Waals surface area contributed by atoms with Gasteiger partial charge in [-0.2, -0.15) is 5.10 Å². The number of rotatable bonds is 0. The van der Waals surface area contributed by atoms with Gasteiger partial charge in [-0.15, -0.1) is 12.4 Å².